The number of nitrogens with zero attached hydrogens (tertiary/aromatic N) is 1. The van der Waals surface area contributed by atoms with Crippen molar-refractivity contribution in [1.82, 2.24) is 4.98 Å². The molecule has 38 heavy (non-hydrogen) atoms. The van der Waals surface area contributed by atoms with Gasteiger partial charge in [-0.25, -0.2) is 4.98 Å². The van der Waals surface area contributed by atoms with Crippen LogP contribution in [-0.4, -0.2) is 34.3 Å². The second-order valence-corrected chi connectivity index (χ2v) is 21.5. The van der Waals surface area contributed by atoms with Gasteiger partial charge in [-0.05, 0) is 45.7 Å². The minimum atomic E-state index is -2.68. The number of hydrogen-bond donors (Lipinski definition) is 1. The highest BCUT2D eigenvalue weighted by Gasteiger charge is 2.50. The third-order valence-corrected chi connectivity index (χ3v) is 17.1. The Kier molecular flexibility index (Phi) is 9.43. The van der Waals surface area contributed by atoms with Crippen LogP contribution in [0.1, 0.15) is 53.5 Å². The first-order chi connectivity index (χ1) is 17.8. The average molecular weight is 545 g/mol. The number of aromatic nitrogens is 1. The third-order valence-electron chi connectivity index (χ3n) is 7.52. The Morgan fingerprint density at radius 2 is 1.37 bits per heavy atom. The molecule has 0 aliphatic carbocycles. The summed E-state index contributed by atoms with van der Waals surface area (Å²) in [5.74, 6) is 7.09. The summed E-state index contributed by atoms with van der Waals surface area (Å²) in [6.45, 7) is 18.8. The Bertz CT molecular complexity index is 1180. The Hall–Kier alpha value is -2.70. The second kappa shape index (κ2) is 12.0. The van der Waals surface area contributed by atoms with Crippen LogP contribution in [0.3, 0.4) is 0 Å². The fourth-order valence-corrected chi connectivity index (χ4v) is 10.4. The molecule has 3 rings (SSSR count). The molecule has 1 aromatic heterocycles. The molecule has 0 bridgehead atoms. The summed E-state index contributed by atoms with van der Waals surface area (Å²) in [7, 11) is -4.75. The van der Waals surface area contributed by atoms with Gasteiger partial charge in [0.15, 0.2) is 8.32 Å². The third kappa shape index (κ3) is 7.03. The van der Waals surface area contributed by atoms with Crippen molar-refractivity contribution in [3.63, 3.8) is 0 Å². The lowest BCUT2D eigenvalue weighted by Crippen LogP contribution is -2.67. The summed E-state index contributed by atoms with van der Waals surface area (Å²) in [5.41, 5.74) is 6.58. The van der Waals surface area contributed by atoms with Crippen LogP contribution in [0.15, 0.2) is 79.0 Å². The van der Waals surface area contributed by atoms with E-state index in [0.717, 1.165) is 5.56 Å². The zero-order valence-electron chi connectivity index (χ0n) is 24.3. The second-order valence-electron chi connectivity index (χ2n) is 12.5. The van der Waals surface area contributed by atoms with Gasteiger partial charge in [0.25, 0.3) is 8.32 Å². The van der Waals surface area contributed by atoms with Crippen molar-refractivity contribution in [1.29, 1.82) is 0 Å². The fourth-order valence-electron chi connectivity index (χ4n) is 4.45. The van der Waals surface area contributed by atoms with E-state index in [-0.39, 0.29) is 16.2 Å². The number of nitrogen functional groups attached to an aromatic ring is 1. The van der Waals surface area contributed by atoms with Gasteiger partial charge < -0.3 is 14.6 Å². The molecule has 3 aromatic rings. The van der Waals surface area contributed by atoms with Gasteiger partial charge >= 0.3 is 0 Å². The summed E-state index contributed by atoms with van der Waals surface area (Å²) in [6, 6.07) is 25.2. The molecule has 2 aromatic carbocycles. The summed E-state index contributed by atoms with van der Waals surface area (Å²) in [6.07, 6.45) is 2.15. The van der Waals surface area contributed by atoms with Crippen LogP contribution >= 0.6 is 0 Å². The molecule has 2 N–H and O–H groups in total. The summed E-state index contributed by atoms with van der Waals surface area (Å²) >= 11 is 0. The first kappa shape index (κ1) is 29.9. The minimum Gasteiger partial charge on any atom is -0.411 e. The topological polar surface area (TPSA) is 57.4 Å². The summed E-state index contributed by atoms with van der Waals surface area (Å²) in [4.78, 5) is 4.16. The van der Waals surface area contributed by atoms with Gasteiger partial charge in [0, 0.05) is 18.2 Å². The molecule has 0 saturated heterocycles. The van der Waals surface area contributed by atoms with E-state index in [1.807, 2.05) is 6.07 Å². The molecule has 0 saturated carbocycles. The van der Waals surface area contributed by atoms with E-state index in [9.17, 15) is 0 Å². The molecule has 6 heteroatoms. The number of benzene rings is 2. The van der Waals surface area contributed by atoms with Crippen molar-refractivity contribution >= 4 is 32.8 Å². The van der Waals surface area contributed by atoms with Gasteiger partial charge in [0.2, 0.25) is 0 Å². The van der Waals surface area contributed by atoms with Crippen molar-refractivity contribution in [3.05, 3.63) is 84.6 Å². The standard InChI is InChI=1S/C32H44N2O2Si2/c1-31(2,3)37(7,8)36-27(17-15-16-26-22-23-30(33)34-24-26)25-35-38(32(4,5)6,28-18-11-9-12-19-28)29-20-13-10-14-21-29/h9-14,18-24,27H,17,25H2,1-8H3,(H2,33,34). The quantitative estimate of drug-likeness (QED) is 0.264. The Morgan fingerprint density at radius 3 is 1.82 bits per heavy atom. The van der Waals surface area contributed by atoms with Gasteiger partial charge in [-0.15, -0.1) is 0 Å². The van der Waals surface area contributed by atoms with Crippen molar-refractivity contribution in [2.75, 3.05) is 12.3 Å². The highest BCUT2D eigenvalue weighted by molar-refractivity contribution is 6.99. The Labute approximate surface area is 232 Å². The lowest BCUT2D eigenvalue weighted by molar-refractivity contribution is 0.113. The first-order valence-electron chi connectivity index (χ1n) is 13.4. The SMILES string of the molecule is CC(C)(C)[Si](C)(C)OC(CC#Cc1ccc(N)nc1)CO[Si](c1ccccc1)(c1ccccc1)C(C)(C)C. The molecule has 0 fully saturated rings. The van der Waals surface area contributed by atoms with Crippen LogP contribution in [0.2, 0.25) is 23.2 Å². The molecule has 1 atom stereocenters. The van der Waals surface area contributed by atoms with E-state index >= 15 is 0 Å². The van der Waals surface area contributed by atoms with Crippen LogP contribution in [0, 0.1) is 11.8 Å². The van der Waals surface area contributed by atoms with Crippen LogP contribution in [0.5, 0.6) is 0 Å². The summed E-state index contributed by atoms with van der Waals surface area (Å²) < 4.78 is 14.2. The predicted octanol–water partition coefficient (Wildman–Crippen LogP) is 6.37. The molecule has 0 aliphatic rings. The average Bonchev–Trinajstić information content (AvgIpc) is 2.85. The van der Waals surface area contributed by atoms with Gasteiger partial charge in [-0.1, -0.05) is 114 Å². The van der Waals surface area contributed by atoms with Crippen molar-refractivity contribution in [2.24, 2.45) is 0 Å². The molecular formula is C32H44N2O2Si2. The van der Waals surface area contributed by atoms with E-state index in [1.165, 1.54) is 10.4 Å². The highest BCUT2D eigenvalue weighted by Crippen LogP contribution is 2.39. The van der Waals surface area contributed by atoms with Crippen molar-refractivity contribution in [2.45, 2.75) is 77.2 Å². The van der Waals surface area contributed by atoms with Crippen LogP contribution < -0.4 is 16.1 Å². The number of rotatable bonds is 8. The number of pyridine rings is 1. The van der Waals surface area contributed by atoms with E-state index < -0.39 is 16.6 Å². The molecule has 1 unspecified atom stereocenters. The molecule has 0 aliphatic heterocycles. The monoisotopic (exact) mass is 544 g/mol. The first-order valence-corrected chi connectivity index (χ1v) is 18.2. The molecular weight excluding hydrogens is 501 g/mol. The normalized spacial score (nSPS) is 13.5. The lowest BCUT2D eigenvalue weighted by Gasteiger charge is -2.45. The number of anilines is 1. The Balaban J connectivity index is 2.00. The van der Waals surface area contributed by atoms with Gasteiger partial charge in [0.1, 0.15) is 5.82 Å². The molecule has 1 heterocycles. The maximum Gasteiger partial charge on any atom is 0.261 e. The van der Waals surface area contributed by atoms with E-state index in [1.54, 1.807) is 12.3 Å². The van der Waals surface area contributed by atoms with E-state index in [0.29, 0.717) is 18.8 Å². The molecule has 0 spiro atoms. The molecule has 0 radical (unpaired) electrons. The van der Waals surface area contributed by atoms with Crippen LogP contribution in [-0.2, 0) is 8.85 Å². The maximum absolute atomic E-state index is 7.24. The summed E-state index contributed by atoms with van der Waals surface area (Å²) in [5, 5.41) is 2.52. The molecule has 202 valence electrons. The van der Waals surface area contributed by atoms with Crippen molar-refractivity contribution in [3.8, 4) is 11.8 Å². The van der Waals surface area contributed by atoms with Crippen molar-refractivity contribution < 1.29 is 8.85 Å². The Morgan fingerprint density at radius 1 is 0.816 bits per heavy atom. The molecule has 4 nitrogen and oxygen atoms in total. The zero-order chi connectivity index (χ0) is 28.0. The molecule has 0 amide bonds. The number of hydrogen-bond acceptors (Lipinski definition) is 4. The smallest absolute Gasteiger partial charge is 0.261 e. The largest absolute Gasteiger partial charge is 0.411 e. The highest BCUT2D eigenvalue weighted by atomic mass is 28.4. The van der Waals surface area contributed by atoms with Gasteiger partial charge in [-0.2, -0.15) is 0 Å². The lowest BCUT2D eigenvalue weighted by atomic mass is 10.2. The van der Waals surface area contributed by atoms with E-state index in [4.69, 9.17) is 14.6 Å². The van der Waals surface area contributed by atoms with Gasteiger partial charge in [0.05, 0.1) is 12.7 Å². The van der Waals surface area contributed by atoms with Crippen LogP contribution in [0.25, 0.3) is 0 Å². The predicted molar refractivity (Wildman–Crippen MR) is 166 cm³/mol. The van der Waals surface area contributed by atoms with E-state index in [2.05, 4.69) is 132 Å². The maximum atomic E-state index is 7.24. The fraction of sp³-hybridized carbons (Fsp3) is 0.406. The van der Waals surface area contributed by atoms with Crippen LogP contribution in [0.4, 0.5) is 5.82 Å². The number of nitrogens with two attached hydrogens (primary N) is 1. The minimum absolute atomic E-state index is 0.0803. The van der Waals surface area contributed by atoms with Gasteiger partial charge in [-0.3, -0.25) is 0 Å². The zero-order valence-corrected chi connectivity index (χ0v) is 26.3.